The Morgan fingerprint density at radius 2 is 1.97 bits per heavy atom. The van der Waals surface area contributed by atoms with Gasteiger partial charge in [0.25, 0.3) is 0 Å². The van der Waals surface area contributed by atoms with Crippen LogP contribution in [-0.2, 0) is 6.54 Å². The van der Waals surface area contributed by atoms with E-state index in [9.17, 15) is 0 Å². The van der Waals surface area contributed by atoms with E-state index in [4.69, 9.17) is 11.6 Å². The number of benzene rings is 1. The molecule has 0 aliphatic carbocycles. The lowest BCUT2D eigenvalue weighted by Crippen LogP contribution is -2.36. The van der Waals surface area contributed by atoms with Crippen molar-refractivity contribution in [3.05, 3.63) is 82.9 Å². The molecule has 1 aromatic rings. The van der Waals surface area contributed by atoms with Crippen molar-refractivity contribution in [3.63, 3.8) is 0 Å². The second kappa shape index (κ2) is 12.9. The van der Waals surface area contributed by atoms with E-state index in [-0.39, 0.29) is 0 Å². The van der Waals surface area contributed by atoms with Gasteiger partial charge in [0.2, 0.25) is 0 Å². The smallest absolute Gasteiger partial charge is 0.0718 e. The van der Waals surface area contributed by atoms with E-state index in [1.165, 1.54) is 28.6 Å². The van der Waals surface area contributed by atoms with Crippen LogP contribution in [0.15, 0.2) is 76.9 Å². The van der Waals surface area contributed by atoms with Crippen LogP contribution in [-0.4, -0.2) is 29.1 Å². The Kier molecular flexibility index (Phi) is 10.9. The van der Waals surface area contributed by atoms with Crippen LogP contribution in [0.1, 0.15) is 45.2 Å². The Morgan fingerprint density at radius 1 is 1.28 bits per heavy atom. The first-order valence-corrected chi connectivity index (χ1v) is 10.5. The third-order valence-corrected chi connectivity index (χ3v) is 5.00. The summed E-state index contributed by atoms with van der Waals surface area (Å²) in [5.74, 6) is 0. The van der Waals surface area contributed by atoms with Gasteiger partial charge in [0.15, 0.2) is 0 Å². The summed E-state index contributed by atoms with van der Waals surface area (Å²) in [7, 11) is 0. The van der Waals surface area contributed by atoms with Crippen LogP contribution in [0.25, 0.3) is 0 Å². The molecule has 29 heavy (non-hydrogen) atoms. The highest BCUT2D eigenvalue weighted by Gasteiger charge is 2.22. The van der Waals surface area contributed by atoms with E-state index in [0.717, 1.165) is 31.8 Å². The van der Waals surface area contributed by atoms with Gasteiger partial charge in [0, 0.05) is 30.0 Å². The zero-order valence-corrected chi connectivity index (χ0v) is 19.3. The van der Waals surface area contributed by atoms with Gasteiger partial charge in [-0.2, -0.15) is 5.10 Å². The Bertz CT molecular complexity index is 773. The molecule has 0 radical (unpaired) electrons. The first-order chi connectivity index (χ1) is 14.0. The van der Waals surface area contributed by atoms with Crippen molar-refractivity contribution in [1.29, 1.82) is 0 Å². The third kappa shape index (κ3) is 7.13. The summed E-state index contributed by atoms with van der Waals surface area (Å²) in [5, 5.41) is 4.86. The molecule has 0 unspecified atom stereocenters. The van der Waals surface area contributed by atoms with Gasteiger partial charge in [-0.25, -0.2) is 0 Å². The molecule has 0 amide bonds. The van der Waals surface area contributed by atoms with E-state index < -0.39 is 0 Å². The van der Waals surface area contributed by atoms with Crippen molar-refractivity contribution in [2.24, 2.45) is 5.10 Å². The molecule has 0 spiro atoms. The molecule has 158 valence electrons. The van der Waals surface area contributed by atoms with E-state index in [1.54, 1.807) is 6.21 Å². The van der Waals surface area contributed by atoms with Gasteiger partial charge >= 0.3 is 0 Å². The molecular formula is C24H35ClN4. The minimum Gasteiger partial charge on any atom is -0.363 e. The van der Waals surface area contributed by atoms with Gasteiger partial charge in [-0.1, -0.05) is 68.4 Å². The standard InChI is InChI=1S/C22H29ClN4.C2H6/c1-6-24-25-14-21(19(5)23)27-13-12-18(4)22(16-27)26(7-2)15-20-11-9-8-10-17(20)3;1-2/h6-11,14,24H,1-2,12-13,15-16H2,3-5H3;1-2H3/b21-19-,25-14-;. The number of aryl methyl sites for hydroxylation is 1. The van der Waals surface area contributed by atoms with Crippen molar-refractivity contribution in [3.8, 4) is 0 Å². The molecule has 0 fully saturated rings. The van der Waals surface area contributed by atoms with Gasteiger partial charge in [0.1, 0.15) is 0 Å². The number of hydrogen-bond acceptors (Lipinski definition) is 4. The van der Waals surface area contributed by atoms with Gasteiger partial charge in [-0.15, -0.1) is 0 Å². The number of hydrazone groups is 1. The molecule has 0 atom stereocenters. The monoisotopic (exact) mass is 414 g/mol. The zero-order chi connectivity index (χ0) is 21.8. The first-order valence-electron chi connectivity index (χ1n) is 10.1. The summed E-state index contributed by atoms with van der Waals surface area (Å²) in [6.45, 7) is 20.4. The molecule has 5 heteroatoms. The Labute approximate surface area is 181 Å². The van der Waals surface area contributed by atoms with Crippen LogP contribution in [0.4, 0.5) is 0 Å². The van der Waals surface area contributed by atoms with Crippen LogP contribution in [0, 0.1) is 6.92 Å². The number of rotatable bonds is 8. The van der Waals surface area contributed by atoms with Crippen LogP contribution in [0.5, 0.6) is 0 Å². The molecule has 0 saturated heterocycles. The van der Waals surface area contributed by atoms with E-state index in [1.807, 2.05) is 27.0 Å². The van der Waals surface area contributed by atoms with Crippen molar-refractivity contribution >= 4 is 17.8 Å². The zero-order valence-electron chi connectivity index (χ0n) is 18.5. The van der Waals surface area contributed by atoms with Crippen LogP contribution in [0.2, 0.25) is 0 Å². The third-order valence-electron chi connectivity index (χ3n) is 4.81. The molecule has 2 rings (SSSR count). The van der Waals surface area contributed by atoms with E-state index in [0.29, 0.717) is 5.03 Å². The average Bonchev–Trinajstić information content (AvgIpc) is 2.73. The molecule has 0 aromatic heterocycles. The van der Waals surface area contributed by atoms with Crippen molar-refractivity contribution < 1.29 is 0 Å². The summed E-state index contributed by atoms with van der Waals surface area (Å²) in [6.07, 6.45) is 6.18. The molecule has 1 heterocycles. The predicted octanol–water partition coefficient (Wildman–Crippen LogP) is 6.14. The number of nitrogens with zero attached hydrogens (tertiary/aromatic N) is 3. The Morgan fingerprint density at radius 3 is 2.55 bits per heavy atom. The number of allylic oxidation sites excluding steroid dienone is 2. The number of halogens is 1. The quantitative estimate of drug-likeness (QED) is 0.409. The molecular weight excluding hydrogens is 380 g/mol. The van der Waals surface area contributed by atoms with Crippen LogP contribution in [0.3, 0.4) is 0 Å². The largest absolute Gasteiger partial charge is 0.363 e. The Balaban J connectivity index is 0.00000204. The van der Waals surface area contributed by atoms with Crippen molar-refractivity contribution in [1.82, 2.24) is 15.2 Å². The maximum Gasteiger partial charge on any atom is 0.0718 e. The molecule has 1 aliphatic rings. The fraction of sp³-hybridized carbons (Fsp3) is 0.375. The Hall–Kier alpha value is -2.46. The minimum atomic E-state index is 0.715. The van der Waals surface area contributed by atoms with Crippen LogP contribution >= 0.6 is 11.6 Å². The van der Waals surface area contributed by atoms with Crippen molar-refractivity contribution in [2.45, 2.75) is 47.6 Å². The van der Waals surface area contributed by atoms with E-state index >= 15 is 0 Å². The van der Waals surface area contributed by atoms with E-state index in [2.05, 4.69) is 71.6 Å². The topological polar surface area (TPSA) is 30.9 Å². The van der Waals surface area contributed by atoms with Crippen LogP contribution < -0.4 is 5.43 Å². The van der Waals surface area contributed by atoms with Crippen molar-refractivity contribution in [2.75, 3.05) is 13.1 Å². The highest BCUT2D eigenvalue weighted by Crippen LogP contribution is 2.27. The van der Waals surface area contributed by atoms with Gasteiger partial charge < -0.3 is 9.80 Å². The lowest BCUT2D eigenvalue weighted by atomic mass is 10.0. The minimum absolute atomic E-state index is 0.715. The molecule has 1 N–H and O–H groups in total. The highest BCUT2D eigenvalue weighted by atomic mass is 35.5. The molecule has 0 bridgehead atoms. The summed E-state index contributed by atoms with van der Waals surface area (Å²) in [6, 6.07) is 8.47. The molecule has 0 saturated carbocycles. The second-order valence-corrected chi connectivity index (χ2v) is 7.21. The predicted molar refractivity (Wildman–Crippen MR) is 128 cm³/mol. The fourth-order valence-corrected chi connectivity index (χ4v) is 3.33. The molecule has 4 nitrogen and oxygen atoms in total. The normalized spacial score (nSPS) is 14.8. The molecule has 1 aliphatic heterocycles. The number of nitrogens with one attached hydrogen (secondary N) is 1. The fourth-order valence-electron chi connectivity index (χ4n) is 3.16. The summed E-state index contributed by atoms with van der Waals surface area (Å²) in [5.41, 5.74) is 8.89. The highest BCUT2D eigenvalue weighted by molar-refractivity contribution is 6.30. The van der Waals surface area contributed by atoms with Gasteiger partial charge in [-0.05, 0) is 44.5 Å². The summed E-state index contributed by atoms with van der Waals surface area (Å²) < 4.78 is 0. The maximum atomic E-state index is 6.35. The average molecular weight is 415 g/mol. The lowest BCUT2D eigenvalue weighted by Gasteiger charge is -2.37. The first kappa shape index (κ1) is 24.6. The van der Waals surface area contributed by atoms with Gasteiger partial charge in [0.05, 0.1) is 18.5 Å². The summed E-state index contributed by atoms with van der Waals surface area (Å²) in [4.78, 5) is 4.50. The maximum absolute atomic E-state index is 6.35. The lowest BCUT2D eigenvalue weighted by molar-refractivity contribution is 0.312. The second-order valence-electron chi connectivity index (χ2n) is 6.65. The van der Waals surface area contributed by atoms with Gasteiger partial charge in [-0.3, -0.25) is 5.43 Å². The summed E-state index contributed by atoms with van der Waals surface area (Å²) >= 11 is 6.35. The SMILES string of the molecule is C=CN/N=C\C(=C(/C)Cl)N1CCC(C)=C(N(C=C)Cc2ccccc2C)C1.CC. The number of hydrogen-bond donors (Lipinski definition) is 1. The molecule has 1 aromatic carbocycles.